The molecule has 0 spiro atoms. The third-order valence-corrected chi connectivity index (χ3v) is 7.20. The first-order chi connectivity index (χ1) is 10.0. The molecule has 2 rings (SSSR count). The Balaban J connectivity index is 1.93. The molecule has 0 aromatic carbocycles. The average molecular weight is 331 g/mol. The van der Waals surface area contributed by atoms with Crippen molar-refractivity contribution in [3.63, 3.8) is 0 Å². The van der Waals surface area contributed by atoms with Crippen LogP contribution in [0.1, 0.15) is 44.4 Å². The smallest absolute Gasteiger partial charge is 0.250 e. The van der Waals surface area contributed by atoms with Crippen LogP contribution in [0.5, 0.6) is 0 Å². The van der Waals surface area contributed by atoms with E-state index in [0.29, 0.717) is 4.21 Å². The van der Waals surface area contributed by atoms with E-state index < -0.39 is 10.0 Å². The molecule has 0 saturated heterocycles. The first-order valence-electron chi connectivity index (χ1n) is 7.83. The van der Waals surface area contributed by atoms with Crippen molar-refractivity contribution in [3.05, 3.63) is 17.0 Å². The van der Waals surface area contributed by atoms with Gasteiger partial charge in [0.25, 0.3) is 0 Å². The summed E-state index contributed by atoms with van der Waals surface area (Å²) in [5, 5.41) is 3.26. The summed E-state index contributed by atoms with van der Waals surface area (Å²) in [5.41, 5.74) is 0. The number of thiophene rings is 1. The van der Waals surface area contributed by atoms with Crippen LogP contribution in [0, 0.1) is 5.92 Å². The first-order valence-corrected chi connectivity index (χ1v) is 10.1. The molecule has 1 saturated carbocycles. The first kappa shape index (κ1) is 16.9. The molecule has 1 aromatic rings. The van der Waals surface area contributed by atoms with Gasteiger partial charge in [0, 0.05) is 10.9 Å². The molecule has 120 valence electrons. The van der Waals surface area contributed by atoms with Gasteiger partial charge in [-0.3, -0.25) is 0 Å². The Hall–Kier alpha value is -0.430. The Morgan fingerprint density at radius 2 is 1.95 bits per heavy atom. The van der Waals surface area contributed by atoms with E-state index in [0.717, 1.165) is 56.0 Å². The Labute approximate surface area is 132 Å². The van der Waals surface area contributed by atoms with Crippen molar-refractivity contribution in [2.24, 2.45) is 5.92 Å². The molecule has 0 unspecified atom stereocenters. The molecule has 0 bridgehead atoms. The van der Waals surface area contributed by atoms with E-state index in [-0.39, 0.29) is 6.04 Å². The van der Waals surface area contributed by atoms with Gasteiger partial charge < -0.3 is 5.32 Å². The zero-order valence-electron chi connectivity index (χ0n) is 12.9. The van der Waals surface area contributed by atoms with Crippen LogP contribution in [-0.4, -0.2) is 27.5 Å². The molecule has 1 fully saturated rings. The quantitative estimate of drug-likeness (QED) is 0.756. The number of likely N-dealkylation sites (N-methyl/N-ethyl adjacent to an activating group) is 1. The molecular formula is C15H26N2O2S2. The van der Waals surface area contributed by atoms with E-state index in [1.165, 1.54) is 11.3 Å². The van der Waals surface area contributed by atoms with E-state index >= 15 is 0 Å². The fourth-order valence-corrected chi connectivity index (χ4v) is 5.36. The molecule has 1 aromatic heterocycles. The second-order valence-corrected chi connectivity index (χ2v) is 9.01. The van der Waals surface area contributed by atoms with Crippen molar-refractivity contribution >= 4 is 21.4 Å². The predicted octanol–water partition coefficient (Wildman–Crippen LogP) is 2.76. The molecule has 4 nitrogen and oxygen atoms in total. The molecule has 1 aliphatic rings. The maximum Gasteiger partial charge on any atom is 0.250 e. The van der Waals surface area contributed by atoms with Gasteiger partial charge in [0.2, 0.25) is 10.0 Å². The van der Waals surface area contributed by atoms with Gasteiger partial charge in [-0.1, -0.05) is 13.8 Å². The fraction of sp³-hybridized carbons (Fsp3) is 0.733. The van der Waals surface area contributed by atoms with Crippen LogP contribution in [0.15, 0.2) is 16.3 Å². The van der Waals surface area contributed by atoms with Gasteiger partial charge in [0.05, 0.1) is 0 Å². The van der Waals surface area contributed by atoms with Gasteiger partial charge in [-0.15, -0.1) is 11.3 Å². The maximum absolute atomic E-state index is 12.4. The van der Waals surface area contributed by atoms with Crippen LogP contribution < -0.4 is 10.0 Å². The lowest BCUT2D eigenvalue weighted by Crippen LogP contribution is -2.36. The largest absolute Gasteiger partial charge is 0.317 e. The van der Waals surface area contributed by atoms with E-state index in [1.54, 1.807) is 6.07 Å². The van der Waals surface area contributed by atoms with E-state index in [9.17, 15) is 8.42 Å². The van der Waals surface area contributed by atoms with Crippen molar-refractivity contribution in [1.29, 1.82) is 0 Å². The molecule has 0 atom stereocenters. The lowest BCUT2D eigenvalue weighted by molar-refractivity contribution is 0.332. The Kier molecular flexibility index (Phi) is 6.22. The standard InChI is InChI=1S/C15H26N2O2S2/c1-3-16-11-10-14-8-9-15(20-14)21(18,19)17-13-6-4-12(2)5-7-13/h8-9,12-13,16-17H,3-7,10-11H2,1-2H3. The summed E-state index contributed by atoms with van der Waals surface area (Å²) in [6.07, 6.45) is 5.03. The van der Waals surface area contributed by atoms with E-state index in [4.69, 9.17) is 0 Å². The summed E-state index contributed by atoms with van der Waals surface area (Å²) in [5.74, 6) is 0.727. The molecule has 6 heteroatoms. The summed E-state index contributed by atoms with van der Waals surface area (Å²) >= 11 is 1.39. The van der Waals surface area contributed by atoms with Crippen molar-refractivity contribution < 1.29 is 8.42 Å². The number of nitrogens with one attached hydrogen (secondary N) is 2. The molecular weight excluding hydrogens is 304 g/mol. The normalized spacial score (nSPS) is 23.3. The fourth-order valence-electron chi connectivity index (χ4n) is 2.68. The van der Waals surface area contributed by atoms with E-state index in [2.05, 4.69) is 23.9 Å². The third kappa shape index (κ3) is 5.06. The Morgan fingerprint density at radius 1 is 1.24 bits per heavy atom. The molecule has 0 aliphatic heterocycles. The molecule has 1 aliphatic carbocycles. The number of hydrogen-bond acceptors (Lipinski definition) is 4. The number of rotatable bonds is 7. The third-order valence-electron chi connectivity index (χ3n) is 4.04. The molecule has 0 amide bonds. The SMILES string of the molecule is CCNCCc1ccc(S(=O)(=O)NC2CCC(C)CC2)s1. The van der Waals surface area contributed by atoms with Gasteiger partial charge in [0.1, 0.15) is 4.21 Å². The predicted molar refractivity (Wildman–Crippen MR) is 88.3 cm³/mol. The van der Waals surface area contributed by atoms with Crippen LogP contribution in [0.2, 0.25) is 0 Å². The van der Waals surface area contributed by atoms with Crippen molar-refractivity contribution in [2.75, 3.05) is 13.1 Å². The highest BCUT2D eigenvalue weighted by molar-refractivity contribution is 7.91. The minimum atomic E-state index is -3.34. The lowest BCUT2D eigenvalue weighted by atomic mass is 9.88. The second-order valence-electron chi connectivity index (χ2n) is 5.90. The van der Waals surface area contributed by atoms with Crippen LogP contribution in [0.3, 0.4) is 0 Å². The average Bonchev–Trinajstić information content (AvgIpc) is 2.91. The lowest BCUT2D eigenvalue weighted by Gasteiger charge is -2.26. The van der Waals surface area contributed by atoms with Gasteiger partial charge in [-0.2, -0.15) is 0 Å². The summed E-state index contributed by atoms with van der Waals surface area (Å²) in [7, 11) is -3.34. The summed E-state index contributed by atoms with van der Waals surface area (Å²) < 4.78 is 28.1. The van der Waals surface area contributed by atoms with Gasteiger partial charge in [-0.25, -0.2) is 13.1 Å². The maximum atomic E-state index is 12.4. The molecule has 2 N–H and O–H groups in total. The van der Waals surface area contributed by atoms with Crippen LogP contribution in [0.4, 0.5) is 0 Å². The highest BCUT2D eigenvalue weighted by Gasteiger charge is 2.25. The molecule has 1 heterocycles. The second kappa shape index (κ2) is 7.72. The summed E-state index contributed by atoms with van der Waals surface area (Å²) in [4.78, 5) is 1.12. The van der Waals surface area contributed by atoms with Crippen molar-refractivity contribution in [3.8, 4) is 0 Å². The van der Waals surface area contributed by atoms with Crippen LogP contribution in [-0.2, 0) is 16.4 Å². The molecule has 0 radical (unpaired) electrons. The number of hydrogen-bond donors (Lipinski definition) is 2. The Bertz CT molecular complexity index is 532. The zero-order chi connectivity index (χ0) is 15.3. The van der Waals surface area contributed by atoms with Gasteiger partial charge in [-0.05, 0) is 63.2 Å². The van der Waals surface area contributed by atoms with E-state index in [1.807, 2.05) is 6.07 Å². The minimum absolute atomic E-state index is 0.110. The van der Waals surface area contributed by atoms with Gasteiger partial charge >= 0.3 is 0 Å². The van der Waals surface area contributed by atoms with Crippen molar-refractivity contribution in [2.45, 2.75) is 56.2 Å². The zero-order valence-corrected chi connectivity index (χ0v) is 14.5. The topological polar surface area (TPSA) is 58.2 Å². The van der Waals surface area contributed by atoms with Crippen LogP contribution >= 0.6 is 11.3 Å². The van der Waals surface area contributed by atoms with Gasteiger partial charge in [0.15, 0.2) is 0 Å². The highest BCUT2D eigenvalue weighted by Crippen LogP contribution is 2.26. The minimum Gasteiger partial charge on any atom is -0.317 e. The monoisotopic (exact) mass is 330 g/mol. The molecule has 21 heavy (non-hydrogen) atoms. The summed E-state index contributed by atoms with van der Waals surface area (Å²) in [6, 6.07) is 3.78. The Morgan fingerprint density at radius 3 is 2.62 bits per heavy atom. The summed E-state index contributed by atoms with van der Waals surface area (Å²) in [6.45, 7) is 6.14. The number of sulfonamides is 1. The van der Waals surface area contributed by atoms with Crippen molar-refractivity contribution in [1.82, 2.24) is 10.0 Å². The highest BCUT2D eigenvalue weighted by atomic mass is 32.2. The van der Waals surface area contributed by atoms with Crippen LogP contribution in [0.25, 0.3) is 0 Å².